The molecule has 2 heterocycles. The van der Waals surface area contributed by atoms with Crippen LogP contribution in [0, 0.1) is 6.92 Å². The summed E-state index contributed by atoms with van der Waals surface area (Å²) in [6, 6.07) is 17.2. The summed E-state index contributed by atoms with van der Waals surface area (Å²) in [7, 11) is 0. The molecule has 0 aliphatic rings. The van der Waals surface area contributed by atoms with E-state index in [4.69, 9.17) is 4.42 Å². The molecule has 2 aromatic heterocycles. The summed E-state index contributed by atoms with van der Waals surface area (Å²) in [6.45, 7) is 2.31. The summed E-state index contributed by atoms with van der Waals surface area (Å²) in [5.74, 6) is 0.620. The fourth-order valence-corrected chi connectivity index (χ4v) is 4.24. The first-order valence-corrected chi connectivity index (χ1v) is 9.68. The van der Waals surface area contributed by atoms with E-state index in [2.05, 4.69) is 20.9 Å². The average Bonchev–Trinajstić information content (AvgIpc) is 3.28. The second-order valence-electron chi connectivity index (χ2n) is 5.95. The molecule has 2 aromatic carbocycles. The molecule has 0 aliphatic carbocycles. The smallest absolute Gasteiger partial charge is 0.260 e. The highest BCUT2D eigenvalue weighted by molar-refractivity contribution is 9.10. The van der Waals surface area contributed by atoms with Crippen molar-refractivity contribution in [3.8, 4) is 0 Å². The van der Waals surface area contributed by atoms with Crippen LogP contribution in [0.25, 0.3) is 10.2 Å². The van der Waals surface area contributed by atoms with E-state index in [1.807, 2.05) is 61.5 Å². The van der Waals surface area contributed by atoms with Crippen LogP contribution in [-0.2, 0) is 6.54 Å². The summed E-state index contributed by atoms with van der Waals surface area (Å²) in [5, 5.41) is 0.654. The van der Waals surface area contributed by atoms with E-state index in [0.29, 0.717) is 23.0 Å². The number of carbonyl (C=O) groups excluding carboxylic acids is 1. The number of benzene rings is 2. The molecule has 0 fully saturated rings. The topological polar surface area (TPSA) is 46.3 Å². The Bertz CT molecular complexity index is 1070. The van der Waals surface area contributed by atoms with Crippen molar-refractivity contribution in [1.82, 2.24) is 4.98 Å². The Morgan fingerprint density at radius 2 is 2.08 bits per heavy atom. The highest BCUT2D eigenvalue weighted by atomic mass is 79.9. The van der Waals surface area contributed by atoms with Crippen LogP contribution in [0.1, 0.15) is 21.7 Å². The van der Waals surface area contributed by atoms with Gasteiger partial charge in [-0.15, -0.1) is 0 Å². The second-order valence-corrected chi connectivity index (χ2v) is 7.87. The minimum absolute atomic E-state index is 0.0942. The zero-order valence-electron chi connectivity index (χ0n) is 14.0. The maximum atomic E-state index is 13.2. The molecule has 6 heteroatoms. The molecule has 26 heavy (non-hydrogen) atoms. The van der Waals surface area contributed by atoms with Gasteiger partial charge in [0, 0.05) is 10.0 Å². The zero-order valence-corrected chi connectivity index (χ0v) is 16.4. The van der Waals surface area contributed by atoms with Crippen LogP contribution < -0.4 is 4.90 Å². The van der Waals surface area contributed by atoms with Gasteiger partial charge in [-0.25, -0.2) is 4.98 Å². The lowest BCUT2D eigenvalue weighted by Gasteiger charge is -2.19. The van der Waals surface area contributed by atoms with Crippen molar-refractivity contribution in [3.63, 3.8) is 0 Å². The van der Waals surface area contributed by atoms with Crippen molar-refractivity contribution < 1.29 is 9.21 Å². The molecule has 0 atom stereocenters. The summed E-state index contributed by atoms with van der Waals surface area (Å²) in [4.78, 5) is 19.5. The van der Waals surface area contributed by atoms with Crippen molar-refractivity contribution in [1.29, 1.82) is 0 Å². The Balaban J connectivity index is 1.77. The number of aromatic nitrogens is 1. The predicted molar refractivity (Wildman–Crippen MR) is 108 cm³/mol. The molecule has 0 saturated heterocycles. The van der Waals surface area contributed by atoms with E-state index in [1.165, 1.54) is 11.3 Å². The summed E-state index contributed by atoms with van der Waals surface area (Å²) in [6.07, 6.45) is 1.61. The molecule has 130 valence electrons. The minimum atomic E-state index is -0.0942. The van der Waals surface area contributed by atoms with E-state index in [1.54, 1.807) is 11.2 Å². The molecule has 0 aliphatic heterocycles. The standard InChI is InChI=1S/C20H15BrN2O2S/c1-13-4-2-5-14(10-13)19(24)23(12-16-6-3-9-25-16)20-22-17-8-7-15(21)11-18(17)26-20/h2-11H,12H2,1H3. The number of anilines is 1. The fraction of sp³-hybridized carbons (Fsp3) is 0.100. The van der Waals surface area contributed by atoms with E-state index in [0.717, 1.165) is 20.3 Å². The maximum absolute atomic E-state index is 13.2. The quantitative estimate of drug-likeness (QED) is 0.413. The molecular formula is C20H15BrN2O2S. The van der Waals surface area contributed by atoms with Crippen LogP contribution in [0.5, 0.6) is 0 Å². The summed E-state index contributed by atoms with van der Waals surface area (Å²) < 4.78 is 7.48. The van der Waals surface area contributed by atoms with Gasteiger partial charge in [-0.1, -0.05) is 45.0 Å². The van der Waals surface area contributed by atoms with Crippen molar-refractivity contribution in [2.75, 3.05) is 4.90 Å². The molecule has 0 spiro atoms. The number of nitrogens with zero attached hydrogens (tertiary/aromatic N) is 2. The van der Waals surface area contributed by atoms with Gasteiger partial charge in [0.25, 0.3) is 5.91 Å². The van der Waals surface area contributed by atoms with Crippen LogP contribution >= 0.6 is 27.3 Å². The Kier molecular flexibility index (Phi) is 4.61. The number of thiazole rings is 1. The molecule has 4 aromatic rings. The van der Waals surface area contributed by atoms with Gasteiger partial charge in [-0.05, 0) is 49.4 Å². The molecule has 0 unspecified atom stereocenters. The molecule has 4 nitrogen and oxygen atoms in total. The van der Waals surface area contributed by atoms with Crippen LogP contribution in [0.2, 0.25) is 0 Å². The van der Waals surface area contributed by atoms with Gasteiger partial charge in [-0.3, -0.25) is 9.69 Å². The van der Waals surface area contributed by atoms with E-state index < -0.39 is 0 Å². The Hall–Kier alpha value is -2.44. The Morgan fingerprint density at radius 1 is 1.19 bits per heavy atom. The first kappa shape index (κ1) is 17.0. The number of fused-ring (bicyclic) bond motifs is 1. The third-order valence-corrected chi connectivity index (χ3v) is 5.51. The predicted octanol–water partition coefficient (Wildman–Crippen LogP) is 5.81. The normalized spacial score (nSPS) is 11.0. The van der Waals surface area contributed by atoms with Gasteiger partial charge in [-0.2, -0.15) is 0 Å². The first-order chi connectivity index (χ1) is 12.6. The maximum Gasteiger partial charge on any atom is 0.260 e. The number of carbonyl (C=O) groups is 1. The van der Waals surface area contributed by atoms with Crippen LogP contribution in [0.15, 0.2) is 69.8 Å². The molecule has 1 amide bonds. The van der Waals surface area contributed by atoms with Gasteiger partial charge in [0.05, 0.1) is 23.0 Å². The molecule has 4 rings (SSSR count). The third kappa shape index (κ3) is 3.43. The van der Waals surface area contributed by atoms with Gasteiger partial charge in [0.2, 0.25) is 0 Å². The number of hydrogen-bond donors (Lipinski definition) is 0. The highest BCUT2D eigenvalue weighted by Gasteiger charge is 2.22. The SMILES string of the molecule is Cc1cccc(C(=O)N(Cc2ccco2)c2nc3ccc(Br)cc3s2)c1. The largest absolute Gasteiger partial charge is 0.467 e. The zero-order chi connectivity index (χ0) is 18.1. The Morgan fingerprint density at radius 3 is 2.85 bits per heavy atom. The van der Waals surface area contributed by atoms with Crippen LogP contribution in [-0.4, -0.2) is 10.9 Å². The molecule has 0 radical (unpaired) electrons. The van der Waals surface area contributed by atoms with Crippen LogP contribution in [0.3, 0.4) is 0 Å². The minimum Gasteiger partial charge on any atom is -0.467 e. The van der Waals surface area contributed by atoms with Gasteiger partial charge in [0.15, 0.2) is 5.13 Å². The monoisotopic (exact) mass is 426 g/mol. The van der Waals surface area contributed by atoms with Gasteiger partial charge < -0.3 is 4.42 Å². The number of halogens is 1. The number of furan rings is 1. The molecule has 0 bridgehead atoms. The summed E-state index contributed by atoms with van der Waals surface area (Å²) in [5.41, 5.74) is 2.55. The molecule has 0 N–H and O–H groups in total. The van der Waals surface area contributed by atoms with E-state index in [-0.39, 0.29) is 5.91 Å². The molecular weight excluding hydrogens is 412 g/mol. The fourth-order valence-electron chi connectivity index (χ4n) is 2.72. The lowest BCUT2D eigenvalue weighted by Crippen LogP contribution is -2.30. The molecule has 0 saturated carbocycles. The van der Waals surface area contributed by atoms with E-state index >= 15 is 0 Å². The average molecular weight is 427 g/mol. The number of amides is 1. The summed E-state index contributed by atoms with van der Waals surface area (Å²) >= 11 is 4.98. The number of aryl methyl sites for hydroxylation is 1. The van der Waals surface area contributed by atoms with Crippen molar-refractivity contribution >= 4 is 48.5 Å². The lowest BCUT2D eigenvalue weighted by atomic mass is 10.1. The Labute approximate surface area is 163 Å². The first-order valence-electron chi connectivity index (χ1n) is 8.07. The lowest BCUT2D eigenvalue weighted by molar-refractivity contribution is 0.0983. The van der Waals surface area contributed by atoms with Gasteiger partial charge in [0.1, 0.15) is 5.76 Å². The number of rotatable bonds is 4. The van der Waals surface area contributed by atoms with E-state index in [9.17, 15) is 4.79 Å². The van der Waals surface area contributed by atoms with Crippen LogP contribution in [0.4, 0.5) is 5.13 Å². The van der Waals surface area contributed by atoms with Gasteiger partial charge >= 0.3 is 0 Å². The van der Waals surface area contributed by atoms with Crippen molar-refractivity contribution in [2.24, 2.45) is 0 Å². The van der Waals surface area contributed by atoms with Crippen molar-refractivity contribution in [2.45, 2.75) is 13.5 Å². The second kappa shape index (κ2) is 7.05. The van der Waals surface area contributed by atoms with Crippen molar-refractivity contribution in [3.05, 3.63) is 82.2 Å². The number of hydrogen-bond acceptors (Lipinski definition) is 4. The third-order valence-electron chi connectivity index (χ3n) is 3.97. The highest BCUT2D eigenvalue weighted by Crippen LogP contribution is 2.32.